The third-order valence-electron chi connectivity index (χ3n) is 2.06. The Balaban J connectivity index is 2.11. The second-order valence-electron chi connectivity index (χ2n) is 3.14. The lowest BCUT2D eigenvalue weighted by atomic mass is 10.3. The van der Waals surface area contributed by atoms with Crippen LogP contribution in [-0.2, 0) is 4.84 Å². The van der Waals surface area contributed by atoms with E-state index < -0.39 is 4.92 Å². The first kappa shape index (κ1) is 9.78. The zero-order valence-electron chi connectivity index (χ0n) is 8.00. The number of hydrogen-bond donors (Lipinski definition) is 0. The summed E-state index contributed by atoms with van der Waals surface area (Å²) in [6.07, 6.45) is 4.39. The van der Waals surface area contributed by atoms with Crippen molar-refractivity contribution < 1.29 is 9.76 Å². The summed E-state index contributed by atoms with van der Waals surface area (Å²) >= 11 is 0. The number of hydroxylamine groups is 1. The quantitative estimate of drug-likeness (QED) is 0.533. The summed E-state index contributed by atoms with van der Waals surface area (Å²) in [6, 6.07) is 0. The van der Waals surface area contributed by atoms with Gasteiger partial charge in [0.2, 0.25) is 5.95 Å². The van der Waals surface area contributed by atoms with E-state index in [1.807, 2.05) is 0 Å². The van der Waals surface area contributed by atoms with E-state index in [1.54, 1.807) is 5.06 Å². The molecule has 1 aromatic heterocycles. The van der Waals surface area contributed by atoms with Gasteiger partial charge in [-0.2, -0.15) is 0 Å². The Labute approximate surface area is 85.8 Å². The maximum Gasteiger partial charge on any atom is 0.305 e. The van der Waals surface area contributed by atoms with Crippen LogP contribution in [0.3, 0.4) is 0 Å². The first-order valence-corrected chi connectivity index (χ1v) is 4.64. The molecule has 0 N–H and O–H groups in total. The lowest BCUT2D eigenvalue weighted by molar-refractivity contribution is -0.385. The minimum atomic E-state index is -0.527. The Morgan fingerprint density at radius 3 is 2.67 bits per heavy atom. The molecule has 1 aliphatic rings. The molecule has 7 nitrogen and oxygen atoms in total. The smallest absolute Gasteiger partial charge is 0.271 e. The molecule has 0 aliphatic carbocycles. The van der Waals surface area contributed by atoms with E-state index >= 15 is 0 Å². The van der Waals surface area contributed by atoms with E-state index in [0.29, 0.717) is 12.6 Å². The largest absolute Gasteiger partial charge is 0.305 e. The van der Waals surface area contributed by atoms with Crippen LogP contribution in [0.4, 0.5) is 11.6 Å². The molecule has 1 fully saturated rings. The van der Waals surface area contributed by atoms with Crippen LogP contribution in [-0.4, -0.2) is 28.0 Å². The summed E-state index contributed by atoms with van der Waals surface area (Å²) in [7, 11) is 0. The Kier molecular flexibility index (Phi) is 2.72. The molecule has 1 aromatic rings. The Morgan fingerprint density at radius 2 is 2.13 bits per heavy atom. The average molecular weight is 210 g/mol. The van der Waals surface area contributed by atoms with Gasteiger partial charge in [0.05, 0.1) is 11.5 Å². The fourth-order valence-corrected chi connectivity index (χ4v) is 1.29. The maximum absolute atomic E-state index is 10.4. The Morgan fingerprint density at radius 1 is 1.40 bits per heavy atom. The fraction of sp³-hybridized carbons (Fsp3) is 0.500. The van der Waals surface area contributed by atoms with Crippen molar-refractivity contribution in [1.29, 1.82) is 0 Å². The van der Waals surface area contributed by atoms with Gasteiger partial charge in [-0.3, -0.25) is 15.0 Å². The molecule has 0 unspecified atom stereocenters. The fourth-order valence-electron chi connectivity index (χ4n) is 1.29. The van der Waals surface area contributed by atoms with Gasteiger partial charge in [0, 0.05) is 6.54 Å². The second-order valence-corrected chi connectivity index (χ2v) is 3.14. The summed E-state index contributed by atoms with van der Waals surface area (Å²) in [6.45, 7) is 1.36. The van der Waals surface area contributed by atoms with Crippen molar-refractivity contribution in [3.05, 3.63) is 22.5 Å². The average Bonchev–Trinajstić information content (AvgIpc) is 2.30. The normalized spacial score (nSPS) is 16.4. The first-order chi connectivity index (χ1) is 7.27. The van der Waals surface area contributed by atoms with Crippen molar-refractivity contribution in [3.63, 3.8) is 0 Å². The zero-order chi connectivity index (χ0) is 10.7. The SMILES string of the molecule is O=[N+]([O-])c1cnc(N2CCCCO2)nc1. The van der Waals surface area contributed by atoms with Crippen LogP contribution in [0, 0.1) is 10.1 Å². The third-order valence-corrected chi connectivity index (χ3v) is 2.06. The number of nitro groups is 1. The molecule has 15 heavy (non-hydrogen) atoms. The van der Waals surface area contributed by atoms with E-state index in [2.05, 4.69) is 9.97 Å². The van der Waals surface area contributed by atoms with Gasteiger partial charge in [0.1, 0.15) is 12.4 Å². The van der Waals surface area contributed by atoms with E-state index in [1.165, 1.54) is 12.4 Å². The summed E-state index contributed by atoms with van der Waals surface area (Å²) < 4.78 is 0. The lowest BCUT2D eigenvalue weighted by Gasteiger charge is -2.25. The highest BCUT2D eigenvalue weighted by atomic mass is 16.7. The van der Waals surface area contributed by atoms with Crippen molar-refractivity contribution in [2.24, 2.45) is 0 Å². The topological polar surface area (TPSA) is 81.4 Å². The molecule has 2 heterocycles. The standard InChI is InChI=1S/C8H10N4O3/c13-12(14)7-5-9-8(10-6-7)11-3-1-2-4-15-11/h5-6H,1-4H2. The van der Waals surface area contributed by atoms with Gasteiger partial charge in [-0.25, -0.2) is 15.0 Å². The molecule has 1 aliphatic heterocycles. The minimum absolute atomic E-state index is 0.115. The van der Waals surface area contributed by atoms with Crippen molar-refractivity contribution in [1.82, 2.24) is 9.97 Å². The highest BCUT2D eigenvalue weighted by molar-refractivity contribution is 5.31. The van der Waals surface area contributed by atoms with Gasteiger partial charge in [0.15, 0.2) is 0 Å². The van der Waals surface area contributed by atoms with Crippen LogP contribution in [0.25, 0.3) is 0 Å². The Hall–Kier alpha value is -1.76. The first-order valence-electron chi connectivity index (χ1n) is 4.64. The van der Waals surface area contributed by atoms with Crippen LogP contribution >= 0.6 is 0 Å². The number of hydrogen-bond acceptors (Lipinski definition) is 6. The molecule has 0 aromatic carbocycles. The van der Waals surface area contributed by atoms with Gasteiger partial charge in [-0.1, -0.05) is 0 Å². The third kappa shape index (κ3) is 2.18. The van der Waals surface area contributed by atoms with Gasteiger partial charge in [-0.15, -0.1) is 0 Å². The monoisotopic (exact) mass is 210 g/mol. The highest BCUT2D eigenvalue weighted by Gasteiger charge is 2.15. The Bertz CT molecular complexity index is 347. The van der Waals surface area contributed by atoms with Crippen molar-refractivity contribution >= 4 is 11.6 Å². The molecule has 2 rings (SSSR count). The summed E-state index contributed by atoms with van der Waals surface area (Å²) in [5.41, 5.74) is -0.115. The molecule has 0 bridgehead atoms. The summed E-state index contributed by atoms with van der Waals surface area (Å²) in [4.78, 5) is 22.9. The maximum atomic E-state index is 10.4. The highest BCUT2D eigenvalue weighted by Crippen LogP contribution is 2.15. The molecule has 0 spiro atoms. The molecule has 0 radical (unpaired) electrons. The van der Waals surface area contributed by atoms with Gasteiger partial charge < -0.3 is 0 Å². The second kappa shape index (κ2) is 4.18. The van der Waals surface area contributed by atoms with Crippen LogP contribution in [0.1, 0.15) is 12.8 Å². The number of rotatable bonds is 2. The van der Waals surface area contributed by atoms with Crippen LogP contribution in [0.5, 0.6) is 0 Å². The van der Waals surface area contributed by atoms with E-state index in [-0.39, 0.29) is 5.69 Å². The van der Waals surface area contributed by atoms with Crippen molar-refractivity contribution in [2.75, 3.05) is 18.2 Å². The minimum Gasteiger partial charge on any atom is -0.271 e. The lowest BCUT2D eigenvalue weighted by Crippen LogP contribution is -2.31. The molecular formula is C8H10N4O3. The van der Waals surface area contributed by atoms with Crippen molar-refractivity contribution in [2.45, 2.75) is 12.8 Å². The van der Waals surface area contributed by atoms with Crippen LogP contribution in [0.2, 0.25) is 0 Å². The van der Waals surface area contributed by atoms with E-state index in [4.69, 9.17) is 4.84 Å². The summed E-state index contributed by atoms with van der Waals surface area (Å²) in [5.74, 6) is 0.375. The van der Waals surface area contributed by atoms with Crippen molar-refractivity contribution in [3.8, 4) is 0 Å². The number of anilines is 1. The predicted octanol–water partition coefficient (Wildman–Crippen LogP) is 0.917. The molecular weight excluding hydrogens is 200 g/mol. The summed E-state index contributed by atoms with van der Waals surface area (Å²) in [5, 5.41) is 11.9. The van der Waals surface area contributed by atoms with Gasteiger partial charge in [0.25, 0.3) is 0 Å². The molecule has 7 heteroatoms. The van der Waals surface area contributed by atoms with Gasteiger partial charge in [-0.05, 0) is 12.8 Å². The number of nitrogens with zero attached hydrogens (tertiary/aromatic N) is 4. The molecule has 0 atom stereocenters. The van der Waals surface area contributed by atoms with Crippen LogP contribution < -0.4 is 5.06 Å². The van der Waals surface area contributed by atoms with E-state index in [9.17, 15) is 10.1 Å². The number of aromatic nitrogens is 2. The van der Waals surface area contributed by atoms with Crippen LogP contribution in [0.15, 0.2) is 12.4 Å². The molecule has 1 saturated heterocycles. The molecule has 80 valence electrons. The predicted molar refractivity (Wildman–Crippen MR) is 51.2 cm³/mol. The molecule has 0 saturated carbocycles. The van der Waals surface area contributed by atoms with E-state index in [0.717, 1.165) is 19.4 Å². The zero-order valence-corrected chi connectivity index (χ0v) is 8.00. The molecule has 0 amide bonds. The van der Waals surface area contributed by atoms with Gasteiger partial charge >= 0.3 is 5.69 Å².